The molecular formula is C29H46N2O6. The minimum absolute atomic E-state index is 0.0433. The highest BCUT2D eigenvalue weighted by molar-refractivity contribution is 5.98. The maximum atomic E-state index is 14.3. The van der Waals surface area contributed by atoms with Crippen molar-refractivity contribution in [3.8, 4) is 0 Å². The summed E-state index contributed by atoms with van der Waals surface area (Å²) in [7, 11) is 0. The lowest BCUT2D eigenvalue weighted by Crippen LogP contribution is -2.60. The van der Waals surface area contributed by atoms with Gasteiger partial charge in [0.1, 0.15) is 17.6 Å². The van der Waals surface area contributed by atoms with E-state index in [1.54, 1.807) is 22.0 Å². The third-order valence-electron chi connectivity index (χ3n) is 8.81. The fraction of sp³-hybridized carbons (Fsp3) is 0.759. The van der Waals surface area contributed by atoms with E-state index in [1.165, 1.54) is 0 Å². The summed E-state index contributed by atoms with van der Waals surface area (Å²) in [6.45, 7) is 16.3. The maximum Gasteiger partial charge on any atom is 0.312 e. The molecule has 8 nitrogen and oxygen atoms in total. The highest BCUT2D eigenvalue weighted by Gasteiger charge is 2.79. The molecule has 2 amide bonds. The SMILES string of the molecule is C=CCCOC(=O)[C@H]1[C@H]2C(=O)N([C@@H](CO)[C@@H](C)CC)C(C(=O)N(CC=C)CCCCC)C23CC[C@]1(C)O3. The first kappa shape index (κ1) is 29.4. The Bertz CT molecular complexity index is 876. The van der Waals surface area contributed by atoms with Crippen LogP contribution in [0.15, 0.2) is 25.3 Å². The number of carbonyl (C=O) groups excluding carboxylic acids is 3. The Morgan fingerprint density at radius 3 is 2.59 bits per heavy atom. The van der Waals surface area contributed by atoms with Crippen LogP contribution in [0.3, 0.4) is 0 Å². The third-order valence-corrected chi connectivity index (χ3v) is 8.81. The minimum atomic E-state index is -1.13. The van der Waals surface area contributed by atoms with Gasteiger partial charge in [-0.25, -0.2) is 0 Å². The smallest absolute Gasteiger partial charge is 0.312 e. The molecule has 2 bridgehead atoms. The Balaban J connectivity index is 2.07. The van der Waals surface area contributed by atoms with E-state index in [0.717, 1.165) is 25.7 Å². The van der Waals surface area contributed by atoms with E-state index in [-0.39, 0.29) is 30.9 Å². The van der Waals surface area contributed by atoms with Crippen molar-refractivity contribution in [3.05, 3.63) is 25.3 Å². The zero-order chi connectivity index (χ0) is 27.4. The number of esters is 1. The molecule has 3 fully saturated rings. The summed E-state index contributed by atoms with van der Waals surface area (Å²) in [5, 5.41) is 10.4. The Morgan fingerprint density at radius 1 is 1.27 bits per heavy atom. The zero-order valence-electron chi connectivity index (χ0n) is 23.1. The number of hydrogen-bond acceptors (Lipinski definition) is 6. The zero-order valence-corrected chi connectivity index (χ0v) is 23.1. The lowest BCUT2D eigenvalue weighted by atomic mass is 9.66. The molecule has 0 radical (unpaired) electrons. The molecule has 7 atom stereocenters. The highest BCUT2D eigenvalue weighted by Crippen LogP contribution is 2.64. The van der Waals surface area contributed by atoms with Crippen LogP contribution in [0.25, 0.3) is 0 Å². The van der Waals surface area contributed by atoms with Crippen LogP contribution >= 0.6 is 0 Å². The third kappa shape index (κ3) is 5.11. The first-order valence-corrected chi connectivity index (χ1v) is 14.0. The van der Waals surface area contributed by atoms with Crippen LogP contribution in [-0.4, -0.2) is 82.3 Å². The topological polar surface area (TPSA) is 96.4 Å². The van der Waals surface area contributed by atoms with Crippen molar-refractivity contribution in [1.29, 1.82) is 0 Å². The van der Waals surface area contributed by atoms with Gasteiger partial charge in [0, 0.05) is 13.1 Å². The van der Waals surface area contributed by atoms with E-state index in [1.807, 2.05) is 20.8 Å². The molecule has 37 heavy (non-hydrogen) atoms. The Labute approximate surface area is 222 Å². The van der Waals surface area contributed by atoms with Gasteiger partial charge in [-0.3, -0.25) is 14.4 Å². The van der Waals surface area contributed by atoms with Crippen molar-refractivity contribution in [2.75, 3.05) is 26.3 Å². The molecule has 2 unspecified atom stereocenters. The average Bonchev–Trinajstić information content (AvgIpc) is 3.44. The van der Waals surface area contributed by atoms with Gasteiger partial charge in [-0.05, 0) is 38.5 Å². The summed E-state index contributed by atoms with van der Waals surface area (Å²) in [6, 6.07) is -1.47. The molecule has 0 saturated carbocycles. The second kappa shape index (κ2) is 12.1. The molecule has 3 saturated heterocycles. The van der Waals surface area contributed by atoms with Crippen LogP contribution < -0.4 is 0 Å². The van der Waals surface area contributed by atoms with Gasteiger partial charge in [0.05, 0.1) is 30.8 Å². The van der Waals surface area contributed by atoms with Gasteiger partial charge < -0.3 is 24.4 Å². The number of rotatable bonds is 15. The minimum Gasteiger partial charge on any atom is -0.465 e. The number of unbranched alkanes of at least 4 members (excludes halogenated alkanes) is 2. The second-order valence-corrected chi connectivity index (χ2v) is 11.1. The number of hydrogen-bond donors (Lipinski definition) is 1. The first-order valence-electron chi connectivity index (χ1n) is 14.0. The summed E-state index contributed by atoms with van der Waals surface area (Å²) >= 11 is 0. The molecule has 0 aliphatic carbocycles. The van der Waals surface area contributed by atoms with Gasteiger partial charge in [0.15, 0.2) is 0 Å². The molecule has 3 aliphatic rings. The summed E-state index contributed by atoms with van der Waals surface area (Å²) in [4.78, 5) is 45.3. The molecule has 0 aromatic rings. The highest BCUT2D eigenvalue weighted by atomic mass is 16.6. The molecule has 8 heteroatoms. The van der Waals surface area contributed by atoms with E-state index in [0.29, 0.717) is 32.4 Å². The predicted molar refractivity (Wildman–Crippen MR) is 141 cm³/mol. The molecule has 3 rings (SSSR count). The Kier molecular flexibility index (Phi) is 9.62. The van der Waals surface area contributed by atoms with E-state index in [2.05, 4.69) is 20.1 Å². The summed E-state index contributed by atoms with van der Waals surface area (Å²) in [5.41, 5.74) is -2.01. The monoisotopic (exact) mass is 518 g/mol. The number of amides is 2. The van der Waals surface area contributed by atoms with Crippen LogP contribution in [0.5, 0.6) is 0 Å². The van der Waals surface area contributed by atoms with Crippen LogP contribution in [0.1, 0.15) is 72.6 Å². The van der Waals surface area contributed by atoms with Gasteiger partial charge in [0.2, 0.25) is 11.8 Å². The molecule has 1 spiro atoms. The number of aliphatic hydroxyl groups excluding tert-OH is 1. The fourth-order valence-electron chi connectivity index (χ4n) is 6.68. The van der Waals surface area contributed by atoms with Gasteiger partial charge in [0.25, 0.3) is 0 Å². The van der Waals surface area contributed by atoms with Crippen molar-refractivity contribution in [3.63, 3.8) is 0 Å². The number of nitrogens with zero attached hydrogens (tertiary/aromatic N) is 2. The number of carbonyl (C=O) groups is 3. The number of fused-ring (bicyclic) bond motifs is 1. The summed E-state index contributed by atoms with van der Waals surface area (Å²) in [6.07, 6.45) is 8.53. The normalized spacial score (nSPS) is 31.6. The van der Waals surface area contributed by atoms with Gasteiger partial charge in [-0.15, -0.1) is 13.2 Å². The van der Waals surface area contributed by atoms with Gasteiger partial charge in [-0.2, -0.15) is 0 Å². The predicted octanol–water partition coefficient (Wildman–Crippen LogP) is 3.48. The van der Waals surface area contributed by atoms with E-state index in [9.17, 15) is 19.5 Å². The largest absolute Gasteiger partial charge is 0.465 e. The average molecular weight is 519 g/mol. The molecule has 208 valence electrons. The lowest BCUT2D eigenvalue weighted by Gasteiger charge is -2.41. The molecule has 0 aromatic heterocycles. The lowest BCUT2D eigenvalue weighted by molar-refractivity contribution is -0.162. The number of likely N-dealkylation sites (tertiary alicyclic amines) is 1. The Morgan fingerprint density at radius 2 is 2.00 bits per heavy atom. The first-order chi connectivity index (χ1) is 17.7. The van der Waals surface area contributed by atoms with Crippen molar-refractivity contribution in [2.45, 2.75) is 95.9 Å². The van der Waals surface area contributed by atoms with Crippen molar-refractivity contribution in [2.24, 2.45) is 17.8 Å². The molecule has 0 aromatic carbocycles. The number of aliphatic hydroxyl groups is 1. The van der Waals surface area contributed by atoms with Crippen LogP contribution in [0, 0.1) is 17.8 Å². The number of ether oxygens (including phenoxy) is 2. The van der Waals surface area contributed by atoms with E-state index in [4.69, 9.17) is 9.47 Å². The molecule has 1 N–H and O–H groups in total. The van der Waals surface area contributed by atoms with Crippen LogP contribution in [-0.2, 0) is 23.9 Å². The quantitative estimate of drug-likeness (QED) is 0.203. The van der Waals surface area contributed by atoms with Gasteiger partial charge >= 0.3 is 5.97 Å². The summed E-state index contributed by atoms with van der Waals surface area (Å²) < 4.78 is 12.2. The molecule has 3 aliphatic heterocycles. The standard InChI is InChI=1S/C29H46N2O6/c1-7-11-13-17-30(16-9-3)26(34)24-29-15-14-28(6,37-29)23(27(35)36-18-12-8-2)22(29)25(33)31(24)21(19-32)20(5)10-4/h8-9,20-24,32H,2-3,7,10-19H2,1,4-6H3/t20-,21-,22-,23+,24?,28-,29?/m0/s1. The molecular weight excluding hydrogens is 472 g/mol. The fourth-order valence-corrected chi connectivity index (χ4v) is 6.68. The van der Waals surface area contributed by atoms with Crippen molar-refractivity contribution in [1.82, 2.24) is 9.80 Å². The maximum absolute atomic E-state index is 14.3. The van der Waals surface area contributed by atoms with Crippen molar-refractivity contribution < 1.29 is 29.0 Å². The van der Waals surface area contributed by atoms with Gasteiger partial charge in [-0.1, -0.05) is 52.2 Å². The van der Waals surface area contributed by atoms with Crippen LogP contribution in [0.2, 0.25) is 0 Å². The molecule has 3 heterocycles. The van der Waals surface area contributed by atoms with Crippen molar-refractivity contribution >= 4 is 17.8 Å². The second-order valence-electron chi connectivity index (χ2n) is 11.1. The Hall–Kier alpha value is -2.19. The summed E-state index contributed by atoms with van der Waals surface area (Å²) in [5.74, 6) is -2.62. The van der Waals surface area contributed by atoms with E-state index >= 15 is 0 Å². The van der Waals surface area contributed by atoms with E-state index < -0.39 is 41.1 Å². The van der Waals surface area contributed by atoms with Crippen LogP contribution in [0.4, 0.5) is 0 Å².